The highest BCUT2D eigenvalue weighted by atomic mass is 35.5. The lowest BCUT2D eigenvalue weighted by molar-refractivity contribution is 0.0851. The number of benzene rings is 1. The molecule has 2 unspecified atom stereocenters. The van der Waals surface area contributed by atoms with Gasteiger partial charge in [-0.15, -0.1) is 0 Å². The molecular formula is C17H24ClFN2. The standard InChI is InChI=1S/C17H24ClFN2/c1-11(2)17-8-20-16(12-3-4-12)10-21(17)9-13-7-14(19)5-6-15(13)18/h5-7,11-12,16-17,20H,3-4,8-10H2,1-2H3. The topological polar surface area (TPSA) is 15.3 Å². The molecule has 1 N–H and O–H groups in total. The zero-order valence-electron chi connectivity index (χ0n) is 12.8. The van der Waals surface area contributed by atoms with Crippen molar-refractivity contribution in [1.82, 2.24) is 10.2 Å². The first-order valence-electron chi connectivity index (χ1n) is 7.96. The molecule has 1 saturated carbocycles. The monoisotopic (exact) mass is 310 g/mol. The van der Waals surface area contributed by atoms with Crippen molar-refractivity contribution in [2.75, 3.05) is 13.1 Å². The van der Waals surface area contributed by atoms with E-state index >= 15 is 0 Å². The normalized spacial score (nSPS) is 27.3. The highest BCUT2D eigenvalue weighted by Gasteiger charge is 2.38. The van der Waals surface area contributed by atoms with Crippen LogP contribution in [0.25, 0.3) is 0 Å². The van der Waals surface area contributed by atoms with Crippen LogP contribution in [-0.4, -0.2) is 30.1 Å². The minimum absolute atomic E-state index is 0.204. The Balaban J connectivity index is 1.76. The number of nitrogens with zero attached hydrogens (tertiary/aromatic N) is 1. The molecule has 1 aliphatic heterocycles. The van der Waals surface area contributed by atoms with Gasteiger partial charge in [0.15, 0.2) is 0 Å². The van der Waals surface area contributed by atoms with E-state index in [2.05, 4.69) is 24.1 Å². The van der Waals surface area contributed by atoms with Crippen molar-refractivity contribution in [3.63, 3.8) is 0 Å². The Bertz CT molecular complexity index is 502. The van der Waals surface area contributed by atoms with E-state index in [1.54, 1.807) is 12.1 Å². The van der Waals surface area contributed by atoms with Crippen molar-refractivity contribution >= 4 is 11.6 Å². The highest BCUT2D eigenvalue weighted by molar-refractivity contribution is 6.31. The van der Waals surface area contributed by atoms with Crippen LogP contribution >= 0.6 is 11.6 Å². The first-order valence-corrected chi connectivity index (χ1v) is 8.33. The van der Waals surface area contributed by atoms with Gasteiger partial charge in [-0.3, -0.25) is 4.90 Å². The maximum Gasteiger partial charge on any atom is 0.123 e. The molecule has 1 aromatic carbocycles. The Kier molecular flexibility index (Phi) is 4.53. The summed E-state index contributed by atoms with van der Waals surface area (Å²) in [5, 5.41) is 4.37. The van der Waals surface area contributed by atoms with Gasteiger partial charge in [0, 0.05) is 36.7 Å². The summed E-state index contributed by atoms with van der Waals surface area (Å²) in [4.78, 5) is 2.49. The first-order chi connectivity index (χ1) is 10.0. The Hall–Kier alpha value is -0.640. The van der Waals surface area contributed by atoms with Crippen LogP contribution in [0.1, 0.15) is 32.3 Å². The number of halogens is 2. The van der Waals surface area contributed by atoms with Crippen LogP contribution in [-0.2, 0) is 6.54 Å². The molecule has 2 nitrogen and oxygen atoms in total. The molecule has 4 heteroatoms. The third-order valence-corrected chi connectivity index (χ3v) is 5.20. The van der Waals surface area contributed by atoms with Gasteiger partial charge in [0.25, 0.3) is 0 Å². The molecule has 0 radical (unpaired) electrons. The van der Waals surface area contributed by atoms with Crippen molar-refractivity contribution < 1.29 is 4.39 Å². The smallest absolute Gasteiger partial charge is 0.123 e. The highest BCUT2D eigenvalue weighted by Crippen LogP contribution is 2.35. The Morgan fingerprint density at radius 1 is 1.38 bits per heavy atom. The predicted molar refractivity (Wildman–Crippen MR) is 85.0 cm³/mol. The number of hydrogen-bond donors (Lipinski definition) is 1. The van der Waals surface area contributed by atoms with E-state index < -0.39 is 0 Å². The van der Waals surface area contributed by atoms with Crippen LogP contribution < -0.4 is 5.32 Å². The molecule has 0 amide bonds. The summed E-state index contributed by atoms with van der Waals surface area (Å²) in [7, 11) is 0. The van der Waals surface area contributed by atoms with Gasteiger partial charge in [-0.25, -0.2) is 4.39 Å². The molecule has 116 valence electrons. The van der Waals surface area contributed by atoms with Gasteiger partial charge in [0.1, 0.15) is 5.82 Å². The SMILES string of the molecule is CC(C)C1CNC(C2CC2)CN1Cc1cc(F)ccc1Cl. The summed E-state index contributed by atoms with van der Waals surface area (Å²) in [5.74, 6) is 1.21. The van der Waals surface area contributed by atoms with E-state index in [1.807, 2.05) is 0 Å². The van der Waals surface area contributed by atoms with Crippen molar-refractivity contribution in [3.05, 3.63) is 34.6 Å². The summed E-state index contributed by atoms with van der Waals surface area (Å²) in [5.41, 5.74) is 0.902. The molecule has 0 bridgehead atoms. The van der Waals surface area contributed by atoms with Crippen LogP contribution in [0.4, 0.5) is 4.39 Å². The fraction of sp³-hybridized carbons (Fsp3) is 0.647. The number of piperazine rings is 1. The van der Waals surface area contributed by atoms with Crippen molar-refractivity contribution in [2.24, 2.45) is 11.8 Å². The van der Waals surface area contributed by atoms with Gasteiger partial charge >= 0.3 is 0 Å². The number of nitrogens with one attached hydrogen (secondary N) is 1. The maximum atomic E-state index is 13.5. The van der Waals surface area contributed by atoms with Crippen LogP contribution in [0.5, 0.6) is 0 Å². The van der Waals surface area contributed by atoms with E-state index in [0.717, 1.165) is 31.1 Å². The Morgan fingerprint density at radius 2 is 2.14 bits per heavy atom. The van der Waals surface area contributed by atoms with E-state index in [4.69, 9.17) is 11.6 Å². The van der Waals surface area contributed by atoms with Gasteiger partial charge in [-0.05, 0) is 48.4 Å². The fourth-order valence-electron chi connectivity index (χ4n) is 3.39. The Labute approximate surface area is 131 Å². The zero-order chi connectivity index (χ0) is 15.0. The minimum Gasteiger partial charge on any atom is -0.311 e. The van der Waals surface area contributed by atoms with E-state index in [9.17, 15) is 4.39 Å². The molecule has 0 spiro atoms. The molecule has 21 heavy (non-hydrogen) atoms. The van der Waals surface area contributed by atoms with Crippen LogP contribution in [0, 0.1) is 17.7 Å². The molecule has 2 fully saturated rings. The van der Waals surface area contributed by atoms with Crippen LogP contribution in [0.3, 0.4) is 0 Å². The third-order valence-electron chi connectivity index (χ3n) is 4.83. The quantitative estimate of drug-likeness (QED) is 0.912. The largest absolute Gasteiger partial charge is 0.311 e. The average molecular weight is 311 g/mol. The van der Waals surface area contributed by atoms with E-state index in [0.29, 0.717) is 23.0 Å². The number of hydrogen-bond acceptors (Lipinski definition) is 2. The fourth-order valence-corrected chi connectivity index (χ4v) is 3.57. The van der Waals surface area contributed by atoms with Crippen molar-refractivity contribution in [1.29, 1.82) is 0 Å². The van der Waals surface area contributed by atoms with Crippen molar-refractivity contribution in [2.45, 2.75) is 45.3 Å². The van der Waals surface area contributed by atoms with Gasteiger partial charge < -0.3 is 5.32 Å². The average Bonchev–Trinajstić information content (AvgIpc) is 3.27. The molecule has 1 aromatic rings. The van der Waals surface area contributed by atoms with Gasteiger partial charge in [0.2, 0.25) is 0 Å². The summed E-state index contributed by atoms with van der Waals surface area (Å²) in [6.45, 7) is 7.31. The molecule has 2 atom stereocenters. The molecule has 1 aliphatic carbocycles. The first kappa shape index (κ1) is 15.3. The lowest BCUT2D eigenvalue weighted by Crippen LogP contribution is -2.58. The molecule has 2 aliphatic rings. The van der Waals surface area contributed by atoms with E-state index in [1.165, 1.54) is 18.9 Å². The second-order valence-electron chi connectivity index (χ2n) is 6.83. The lowest BCUT2D eigenvalue weighted by Gasteiger charge is -2.42. The zero-order valence-corrected chi connectivity index (χ0v) is 13.5. The Morgan fingerprint density at radius 3 is 2.81 bits per heavy atom. The van der Waals surface area contributed by atoms with Gasteiger partial charge in [-0.1, -0.05) is 25.4 Å². The summed E-state index contributed by atoms with van der Waals surface area (Å²) in [6, 6.07) is 5.74. The van der Waals surface area contributed by atoms with Gasteiger partial charge in [-0.2, -0.15) is 0 Å². The molecule has 0 aromatic heterocycles. The molecular weight excluding hydrogens is 287 g/mol. The minimum atomic E-state index is -0.204. The summed E-state index contributed by atoms with van der Waals surface area (Å²) >= 11 is 6.25. The third kappa shape index (κ3) is 3.58. The van der Waals surface area contributed by atoms with Crippen LogP contribution in [0.2, 0.25) is 5.02 Å². The predicted octanol–water partition coefficient (Wildman–Crippen LogP) is 3.69. The molecule has 1 heterocycles. The lowest BCUT2D eigenvalue weighted by atomic mass is 9.96. The molecule has 1 saturated heterocycles. The summed E-state index contributed by atoms with van der Waals surface area (Å²) < 4.78 is 13.5. The van der Waals surface area contributed by atoms with Crippen LogP contribution in [0.15, 0.2) is 18.2 Å². The number of rotatable bonds is 4. The second kappa shape index (κ2) is 6.23. The molecule has 3 rings (SSSR count). The van der Waals surface area contributed by atoms with Crippen molar-refractivity contribution in [3.8, 4) is 0 Å². The van der Waals surface area contributed by atoms with Gasteiger partial charge in [0.05, 0.1) is 0 Å². The second-order valence-corrected chi connectivity index (χ2v) is 7.24. The summed E-state index contributed by atoms with van der Waals surface area (Å²) in [6.07, 6.45) is 2.69. The maximum absolute atomic E-state index is 13.5. The van der Waals surface area contributed by atoms with E-state index in [-0.39, 0.29) is 5.82 Å².